The highest BCUT2D eigenvalue weighted by atomic mass is 16.3. The summed E-state index contributed by atoms with van der Waals surface area (Å²) in [6.07, 6.45) is 14.3. The number of hydrogen-bond acceptors (Lipinski definition) is 1. The van der Waals surface area contributed by atoms with E-state index in [1.165, 1.54) is 44.9 Å². The molecule has 0 saturated heterocycles. The Morgan fingerprint density at radius 3 is 2.59 bits per heavy atom. The van der Waals surface area contributed by atoms with Gasteiger partial charge in [0.15, 0.2) is 0 Å². The van der Waals surface area contributed by atoms with Gasteiger partial charge in [0.2, 0.25) is 0 Å². The van der Waals surface area contributed by atoms with Crippen molar-refractivity contribution in [3.05, 3.63) is 11.6 Å². The van der Waals surface area contributed by atoms with Crippen molar-refractivity contribution >= 4 is 0 Å². The molecule has 0 amide bonds. The van der Waals surface area contributed by atoms with Crippen LogP contribution in [0.5, 0.6) is 0 Å². The molecule has 1 unspecified atom stereocenters. The number of aliphatic hydroxyl groups excluding tert-OH is 1. The minimum atomic E-state index is -0.00964. The normalized spacial score (nSPS) is 56.4. The van der Waals surface area contributed by atoms with E-state index in [0.29, 0.717) is 10.8 Å². The van der Waals surface area contributed by atoms with Crippen LogP contribution in [-0.4, -0.2) is 11.2 Å². The summed E-state index contributed by atoms with van der Waals surface area (Å²) in [6.45, 7) is 7.43. The fourth-order valence-corrected chi connectivity index (χ4v) is 7.56. The molecular weight excluding hydrogens is 268 g/mol. The zero-order valence-electron chi connectivity index (χ0n) is 14.8. The first-order valence-corrected chi connectivity index (χ1v) is 9.83. The van der Waals surface area contributed by atoms with Gasteiger partial charge < -0.3 is 5.11 Å². The summed E-state index contributed by atoms with van der Waals surface area (Å²) in [6, 6.07) is 0. The van der Waals surface area contributed by atoms with Crippen LogP contribution in [0.2, 0.25) is 0 Å². The quantitative estimate of drug-likeness (QED) is 0.599. The van der Waals surface area contributed by atoms with E-state index in [2.05, 4.69) is 26.8 Å². The van der Waals surface area contributed by atoms with E-state index in [1.54, 1.807) is 5.57 Å². The zero-order chi connectivity index (χ0) is 15.5. The van der Waals surface area contributed by atoms with Crippen molar-refractivity contribution in [2.24, 2.45) is 34.5 Å². The van der Waals surface area contributed by atoms with Gasteiger partial charge >= 0.3 is 0 Å². The molecule has 0 heterocycles. The molecule has 4 rings (SSSR count). The molecule has 0 aromatic heterocycles. The van der Waals surface area contributed by atoms with E-state index < -0.39 is 0 Å². The maximum Gasteiger partial charge on any atom is 0.0543 e. The van der Waals surface area contributed by atoms with Gasteiger partial charge in [0.05, 0.1) is 6.10 Å². The van der Waals surface area contributed by atoms with Gasteiger partial charge in [-0.3, -0.25) is 0 Å². The fraction of sp³-hybridized carbons (Fsp3) is 0.905. The molecular formula is C21H34O. The molecule has 0 bridgehead atoms. The predicted octanol–water partition coefficient (Wildman–Crippen LogP) is 5.34. The van der Waals surface area contributed by atoms with E-state index in [9.17, 15) is 5.11 Å². The molecule has 0 aromatic carbocycles. The summed E-state index contributed by atoms with van der Waals surface area (Å²) < 4.78 is 0. The molecule has 0 spiro atoms. The third kappa shape index (κ3) is 1.93. The molecule has 22 heavy (non-hydrogen) atoms. The molecule has 0 radical (unpaired) electrons. The van der Waals surface area contributed by atoms with Crippen molar-refractivity contribution in [3.63, 3.8) is 0 Å². The number of hydrogen-bond donors (Lipinski definition) is 1. The molecule has 1 N–H and O–H groups in total. The number of allylic oxidation sites excluding steroid dienone is 2. The summed E-state index contributed by atoms with van der Waals surface area (Å²) in [7, 11) is 0. The highest BCUT2D eigenvalue weighted by molar-refractivity contribution is 5.23. The Morgan fingerprint density at radius 1 is 1.00 bits per heavy atom. The fourth-order valence-electron chi connectivity index (χ4n) is 7.56. The molecule has 7 atom stereocenters. The van der Waals surface area contributed by atoms with Crippen LogP contribution in [0.3, 0.4) is 0 Å². The lowest BCUT2D eigenvalue weighted by Crippen LogP contribution is -2.53. The number of fused-ring (bicyclic) bond motifs is 5. The van der Waals surface area contributed by atoms with Crippen LogP contribution in [0, 0.1) is 34.5 Å². The summed E-state index contributed by atoms with van der Waals surface area (Å²) >= 11 is 0. The Bertz CT molecular complexity index is 480. The van der Waals surface area contributed by atoms with Crippen molar-refractivity contribution in [1.82, 2.24) is 0 Å². The third-order valence-electron chi connectivity index (χ3n) is 8.83. The van der Waals surface area contributed by atoms with Gasteiger partial charge in [-0.1, -0.05) is 25.5 Å². The lowest BCUT2D eigenvalue weighted by molar-refractivity contribution is -0.116. The standard InChI is InChI=1S/C21H34O/c1-4-14-6-8-18-17-7-5-15-13-16(22)9-11-21(15,3)19(17)10-12-20(14,18)2/h4,15-19,22H,5-13H2,1-3H3/b14-4+/t15-,16?,17-,18-,19-,20+,21-/m0/s1. The minimum absolute atomic E-state index is 0.00964. The van der Waals surface area contributed by atoms with Gasteiger partial charge in [-0.05, 0) is 99.2 Å². The lowest BCUT2D eigenvalue weighted by atomic mass is 9.45. The maximum atomic E-state index is 10.1. The minimum Gasteiger partial charge on any atom is -0.393 e. The van der Waals surface area contributed by atoms with Gasteiger partial charge in [0.25, 0.3) is 0 Å². The molecule has 1 heteroatoms. The summed E-state index contributed by atoms with van der Waals surface area (Å²) in [5.74, 6) is 3.65. The van der Waals surface area contributed by atoms with Gasteiger partial charge in [0.1, 0.15) is 0 Å². The highest BCUT2D eigenvalue weighted by Gasteiger charge is 2.58. The van der Waals surface area contributed by atoms with Crippen molar-refractivity contribution in [2.75, 3.05) is 0 Å². The predicted molar refractivity (Wildman–Crippen MR) is 91.5 cm³/mol. The largest absolute Gasteiger partial charge is 0.393 e. The topological polar surface area (TPSA) is 20.2 Å². The first-order valence-electron chi connectivity index (χ1n) is 9.83. The van der Waals surface area contributed by atoms with Crippen LogP contribution in [0.4, 0.5) is 0 Å². The molecule has 0 aliphatic heterocycles. The molecule has 4 saturated carbocycles. The van der Waals surface area contributed by atoms with Gasteiger partial charge in [-0.15, -0.1) is 0 Å². The van der Waals surface area contributed by atoms with E-state index in [1.807, 2.05) is 0 Å². The van der Waals surface area contributed by atoms with Gasteiger partial charge in [-0.25, -0.2) is 0 Å². The average Bonchev–Trinajstić information content (AvgIpc) is 2.84. The SMILES string of the molecule is C/C=C1\CC[C@H]2[C@@H]3CC[C@H]4CC(O)CC[C@]4(C)[C@H]3CC[C@]12C. The molecule has 124 valence electrons. The lowest BCUT2D eigenvalue weighted by Gasteiger charge is -2.60. The van der Waals surface area contributed by atoms with E-state index >= 15 is 0 Å². The van der Waals surface area contributed by atoms with Crippen molar-refractivity contribution < 1.29 is 5.11 Å². The van der Waals surface area contributed by atoms with Crippen molar-refractivity contribution in [1.29, 1.82) is 0 Å². The summed E-state index contributed by atoms with van der Waals surface area (Å²) in [4.78, 5) is 0. The second kappa shape index (κ2) is 5.10. The second-order valence-corrected chi connectivity index (χ2v) is 9.39. The number of rotatable bonds is 0. The smallest absolute Gasteiger partial charge is 0.0543 e. The van der Waals surface area contributed by atoms with Crippen LogP contribution in [-0.2, 0) is 0 Å². The van der Waals surface area contributed by atoms with E-state index in [0.717, 1.165) is 36.5 Å². The van der Waals surface area contributed by atoms with Gasteiger partial charge in [-0.2, -0.15) is 0 Å². The molecule has 4 aliphatic rings. The van der Waals surface area contributed by atoms with Gasteiger partial charge in [0, 0.05) is 0 Å². The third-order valence-corrected chi connectivity index (χ3v) is 8.83. The van der Waals surface area contributed by atoms with E-state index in [4.69, 9.17) is 0 Å². The van der Waals surface area contributed by atoms with Crippen LogP contribution in [0.25, 0.3) is 0 Å². The summed E-state index contributed by atoms with van der Waals surface area (Å²) in [5.41, 5.74) is 2.82. The second-order valence-electron chi connectivity index (χ2n) is 9.39. The molecule has 0 aromatic rings. The Labute approximate surface area is 136 Å². The molecule has 4 aliphatic carbocycles. The van der Waals surface area contributed by atoms with Crippen molar-refractivity contribution in [2.45, 2.75) is 84.7 Å². The maximum absolute atomic E-state index is 10.1. The Morgan fingerprint density at radius 2 is 1.82 bits per heavy atom. The molecule has 4 fully saturated rings. The molecule has 1 nitrogen and oxygen atoms in total. The van der Waals surface area contributed by atoms with Crippen LogP contribution in [0.15, 0.2) is 11.6 Å². The van der Waals surface area contributed by atoms with Crippen LogP contribution < -0.4 is 0 Å². The van der Waals surface area contributed by atoms with E-state index in [-0.39, 0.29) is 6.10 Å². The zero-order valence-corrected chi connectivity index (χ0v) is 14.8. The van der Waals surface area contributed by atoms with Crippen LogP contribution >= 0.6 is 0 Å². The average molecular weight is 303 g/mol. The Hall–Kier alpha value is -0.300. The van der Waals surface area contributed by atoms with Crippen molar-refractivity contribution in [3.8, 4) is 0 Å². The van der Waals surface area contributed by atoms with Crippen LogP contribution in [0.1, 0.15) is 78.6 Å². The monoisotopic (exact) mass is 302 g/mol. The Kier molecular flexibility index (Phi) is 3.53. The Balaban J connectivity index is 1.63. The summed E-state index contributed by atoms with van der Waals surface area (Å²) in [5, 5.41) is 10.1. The first-order chi connectivity index (χ1) is 10.5. The highest BCUT2D eigenvalue weighted by Crippen LogP contribution is 2.67. The number of aliphatic hydroxyl groups is 1. The first kappa shape index (κ1) is 15.2.